The minimum atomic E-state index is -0.229. The van der Waals surface area contributed by atoms with Crippen LogP contribution in [0.4, 0.5) is 0 Å². The molecule has 0 unspecified atom stereocenters. The normalized spacial score (nSPS) is 11.2. The number of carbonyl (C=O) groups is 2. The first kappa shape index (κ1) is 17.8. The lowest BCUT2D eigenvalue weighted by Crippen LogP contribution is -2.06. The highest BCUT2D eigenvalue weighted by atomic mass is 35.5. The summed E-state index contributed by atoms with van der Waals surface area (Å²) in [6.07, 6.45) is 1.41. The molecule has 26 heavy (non-hydrogen) atoms. The minimum absolute atomic E-state index is 0.184. The summed E-state index contributed by atoms with van der Waals surface area (Å²) in [5.74, 6) is -0.413. The first-order valence-electron chi connectivity index (χ1n) is 8.23. The van der Waals surface area contributed by atoms with E-state index >= 15 is 0 Å². The molecule has 0 saturated carbocycles. The monoisotopic (exact) mass is 360 g/mol. The van der Waals surface area contributed by atoms with Gasteiger partial charge in [-0.3, -0.25) is 9.59 Å². The summed E-state index contributed by atoms with van der Waals surface area (Å²) in [6, 6.07) is 23.3. The number of Topliss-reactive ketones (excluding diaryl/α,β-unsaturated/α-hetero) is 1. The Labute approximate surface area is 157 Å². The highest BCUT2D eigenvalue weighted by Gasteiger charge is 2.16. The average Bonchev–Trinajstić information content (AvgIpc) is 2.69. The van der Waals surface area contributed by atoms with Crippen molar-refractivity contribution in [3.05, 3.63) is 112 Å². The number of carbonyl (C=O) groups excluding carboxylic acids is 2. The van der Waals surface area contributed by atoms with Crippen LogP contribution in [0.2, 0.25) is 5.02 Å². The van der Waals surface area contributed by atoms with Gasteiger partial charge in [0.1, 0.15) is 0 Å². The Morgan fingerprint density at radius 3 is 1.92 bits per heavy atom. The largest absolute Gasteiger partial charge is 0.289 e. The second kappa shape index (κ2) is 7.94. The first-order chi connectivity index (χ1) is 12.6. The van der Waals surface area contributed by atoms with E-state index in [-0.39, 0.29) is 11.6 Å². The van der Waals surface area contributed by atoms with E-state index in [4.69, 9.17) is 11.6 Å². The van der Waals surface area contributed by atoms with Gasteiger partial charge in [-0.2, -0.15) is 0 Å². The molecule has 0 spiro atoms. The van der Waals surface area contributed by atoms with E-state index in [9.17, 15) is 9.59 Å². The van der Waals surface area contributed by atoms with Gasteiger partial charge in [0.05, 0.1) is 0 Å². The maximum Gasteiger partial charge on any atom is 0.193 e. The van der Waals surface area contributed by atoms with Gasteiger partial charge in [0.25, 0.3) is 0 Å². The number of hydrogen-bond acceptors (Lipinski definition) is 2. The third-order valence-electron chi connectivity index (χ3n) is 4.08. The molecular formula is C23H17ClO2. The second-order valence-corrected chi connectivity index (χ2v) is 6.35. The Morgan fingerprint density at radius 2 is 1.35 bits per heavy atom. The fourth-order valence-corrected chi connectivity index (χ4v) is 2.77. The van der Waals surface area contributed by atoms with Crippen molar-refractivity contribution in [2.24, 2.45) is 0 Å². The molecule has 0 aromatic heterocycles. The predicted molar refractivity (Wildman–Crippen MR) is 106 cm³/mol. The van der Waals surface area contributed by atoms with Crippen LogP contribution < -0.4 is 0 Å². The molecule has 0 aliphatic heterocycles. The molecule has 2 nitrogen and oxygen atoms in total. The van der Waals surface area contributed by atoms with Gasteiger partial charge in [0, 0.05) is 21.7 Å². The summed E-state index contributed by atoms with van der Waals surface area (Å²) in [6.45, 7) is 1.84. The van der Waals surface area contributed by atoms with E-state index in [0.29, 0.717) is 27.3 Å². The summed E-state index contributed by atoms with van der Waals surface area (Å²) in [7, 11) is 0. The predicted octanol–water partition coefficient (Wildman–Crippen LogP) is 5.80. The van der Waals surface area contributed by atoms with Gasteiger partial charge in [-0.25, -0.2) is 0 Å². The lowest BCUT2D eigenvalue weighted by atomic mass is 9.94. The molecule has 0 aliphatic carbocycles. The van der Waals surface area contributed by atoms with Crippen molar-refractivity contribution in [1.82, 2.24) is 0 Å². The molecule has 0 heterocycles. The zero-order chi connectivity index (χ0) is 18.5. The summed E-state index contributed by atoms with van der Waals surface area (Å²) in [4.78, 5) is 25.7. The van der Waals surface area contributed by atoms with Crippen LogP contribution in [0.1, 0.15) is 31.8 Å². The Bertz CT molecular complexity index is 974. The Balaban J connectivity index is 2.05. The van der Waals surface area contributed by atoms with Crippen LogP contribution in [0.5, 0.6) is 0 Å². The van der Waals surface area contributed by atoms with Gasteiger partial charge < -0.3 is 0 Å². The Hall–Kier alpha value is -2.97. The molecule has 0 saturated heterocycles. The van der Waals surface area contributed by atoms with Gasteiger partial charge in [0.15, 0.2) is 11.6 Å². The number of allylic oxidation sites excluding steroid dienone is 2. The molecule has 0 bridgehead atoms. The molecule has 0 amide bonds. The number of halogens is 1. The molecule has 3 aromatic rings. The van der Waals surface area contributed by atoms with Crippen molar-refractivity contribution in [3.8, 4) is 0 Å². The van der Waals surface area contributed by atoms with E-state index in [1.54, 1.807) is 42.5 Å². The Kier molecular flexibility index (Phi) is 5.45. The standard InChI is InChI=1S/C23H17ClO2/c1-16-14-19(12-13-21(16)24)22(25)15-20(17-8-4-2-5-9-17)23(26)18-10-6-3-7-11-18/h2-15H,1H3/b20-15-. The number of hydrogen-bond donors (Lipinski definition) is 0. The molecule has 0 fully saturated rings. The second-order valence-electron chi connectivity index (χ2n) is 5.95. The summed E-state index contributed by atoms with van der Waals surface area (Å²) in [5, 5.41) is 0.606. The highest BCUT2D eigenvalue weighted by Crippen LogP contribution is 2.22. The van der Waals surface area contributed by atoms with Gasteiger partial charge in [-0.1, -0.05) is 72.3 Å². The number of ketones is 2. The molecular weight excluding hydrogens is 344 g/mol. The molecule has 128 valence electrons. The maximum atomic E-state index is 13.0. The van der Waals surface area contributed by atoms with Crippen molar-refractivity contribution in [2.45, 2.75) is 6.92 Å². The number of rotatable bonds is 5. The fraction of sp³-hybridized carbons (Fsp3) is 0.0435. The van der Waals surface area contributed by atoms with Crippen LogP contribution in [-0.4, -0.2) is 11.6 Å². The van der Waals surface area contributed by atoms with Crippen LogP contribution in [0.25, 0.3) is 5.57 Å². The van der Waals surface area contributed by atoms with Gasteiger partial charge in [-0.15, -0.1) is 0 Å². The molecule has 3 heteroatoms. The lowest BCUT2D eigenvalue weighted by molar-refractivity contribution is 0.102. The first-order valence-corrected chi connectivity index (χ1v) is 8.61. The van der Waals surface area contributed by atoms with Crippen LogP contribution in [0.15, 0.2) is 84.9 Å². The van der Waals surface area contributed by atoms with Gasteiger partial charge in [-0.05, 0) is 42.3 Å². The van der Waals surface area contributed by atoms with Crippen LogP contribution in [0, 0.1) is 6.92 Å². The van der Waals surface area contributed by atoms with Crippen LogP contribution >= 0.6 is 11.6 Å². The quantitative estimate of drug-likeness (QED) is 0.425. The zero-order valence-electron chi connectivity index (χ0n) is 14.3. The van der Waals surface area contributed by atoms with Crippen molar-refractivity contribution >= 4 is 28.7 Å². The summed E-state index contributed by atoms with van der Waals surface area (Å²) in [5.41, 5.74) is 2.94. The topological polar surface area (TPSA) is 34.1 Å². The minimum Gasteiger partial charge on any atom is -0.289 e. The van der Waals surface area contributed by atoms with E-state index in [0.717, 1.165) is 5.56 Å². The molecule has 0 radical (unpaired) electrons. The molecule has 0 N–H and O–H groups in total. The number of benzene rings is 3. The summed E-state index contributed by atoms with van der Waals surface area (Å²) < 4.78 is 0. The van der Waals surface area contributed by atoms with Crippen LogP contribution in [-0.2, 0) is 0 Å². The van der Waals surface area contributed by atoms with Crippen molar-refractivity contribution in [2.75, 3.05) is 0 Å². The van der Waals surface area contributed by atoms with Crippen molar-refractivity contribution in [1.29, 1.82) is 0 Å². The maximum absolute atomic E-state index is 13.0. The molecule has 3 aromatic carbocycles. The summed E-state index contributed by atoms with van der Waals surface area (Å²) >= 11 is 6.04. The fourth-order valence-electron chi connectivity index (χ4n) is 2.66. The van der Waals surface area contributed by atoms with E-state index < -0.39 is 0 Å². The van der Waals surface area contributed by atoms with Crippen molar-refractivity contribution < 1.29 is 9.59 Å². The average molecular weight is 361 g/mol. The highest BCUT2D eigenvalue weighted by molar-refractivity contribution is 6.33. The van der Waals surface area contributed by atoms with Gasteiger partial charge in [0.2, 0.25) is 0 Å². The molecule has 3 rings (SSSR count). The van der Waals surface area contributed by atoms with E-state index in [2.05, 4.69) is 0 Å². The van der Waals surface area contributed by atoms with Gasteiger partial charge >= 0.3 is 0 Å². The Morgan fingerprint density at radius 1 is 0.769 bits per heavy atom. The SMILES string of the molecule is Cc1cc(C(=O)/C=C(\C(=O)c2ccccc2)c2ccccc2)ccc1Cl. The molecule has 0 aliphatic rings. The number of aryl methyl sites for hydroxylation is 1. The lowest BCUT2D eigenvalue weighted by Gasteiger charge is -2.08. The third-order valence-corrected chi connectivity index (χ3v) is 4.51. The van der Waals surface area contributed by atoms with Crippen molar-refractivity contribution in [3.63, 3.8) is 0 Å². The van der Waals surface area contributed by atoms with E-state index in [1.807, 2.05) is 43.3 Å². The van der Waals surface area contributed by atoms with Crippen LogP contribution in [0.3, 0.4) is 0 Å². The molecule has 0 atom stereocenters. The van der Waals surface area contributed by atoms with E-state index in [1.165, 1.54) is 6.08 Å². The third kappa shape index (κ3) is 3.98. The zero-order valence-corrected chi connectivity index (χ0v) is 15.0. The smallest absolute Gasteiger partial charge is 0.193 e.